The molecular weight excluding hydrogens is 1320 g/mol. The van der Waals surface area contributed by atoms with Crippen molar-refractivity contribution in [3.63, 3.8) is 0 Å². The van der Waals surface area contributed by atoms with Crippen LogP contribution in [0.3, 0.4) is 0 Å². The second kappa shape index (κ2) is 23.1. The Hall–Kier alpha value is -13.4. The highest BCUT2D eigenvalue weighted by molar-refractivity contribution is 7.27. The lowest BCUT2D eigenvalue weighted by Gasteiger charge is -2.12. The number of nitrogens with zero attached hydrogens (tertiary/aromatic N) is 4. The molecule has 0 N–H and O–H groups in total. The van der Waals surface area contributed by atoms with E-state index in [1.165, 1.54) is 216 Å². The Morgan fingerprint density at radius 2 is 0.547 bits per heavy atom. The Bertz CT molecular complexity index is 7840. The van der Waals surface area contributed by atoms with Gasteiger partial charge in [-0.2, -0.15) is 0 Å². The standard InChI is InChI=1S/2C50H30N2S/c1-2-12-33-28-36(23-20-31(33)10-1)51-46-26-22-35(30-42(46)49-47(51)27-24-40-39-16-6-8-19-48(39)53-50(40)49)34-21-25-45-41(29-34)38-15-5-7-17-44(38)52(45)43-18-9-13-32-11-3-4-14-37(32)43;1-2-12-33-28-36(23-20-31(33)10-1)51-45-25-22-35(30-41(45)49-46(51)26-27-48-50(49)39-16-6-8-19-47(39)53-48)34-21-24-44-40(29-34)38-15-5-7-17-43(38)52(44)42-18-9-13-32-11-3-4-14-37(32)42/h2*1-30H. The van der Waals surface area contributed by atoms with Gasteiger partial charge >= 0.3 is 0 Å². The largest absolute Gasteiger partial charge is 0.309 e. The molecule has 6 heteroatoms. The summed E-state index contributed by atoms with van der Waals surface area (Å²) >= 11 is 3.79. The maximum Gasteiger partial charge on any atom is 0.0555 e. The van der Waals surface area contributed by atoms with Gasteiger partial charge < -0.3 is 18.3 Å². The van der Waals surface area contributed by atoms with Gasteiger partial charge in [0.1, 0.15) is 0 Å². The van der Waals surface area contributed by atoms with Gasteiger partial charge in [-0.05, 0) is 182 Å². The van der Waals surface area contributed by atoms with Crippen molar-refractivity contribution in [2.45, 2.75) is 0 Å². The number of benzene rings is 18. The molecule has 0 aliphatic carbocycles. The van der Waals surface area contributed by atoms with E-state index in [0.29, 0.717) is 0 Å². The van der Waals surface area contributed by atoms with Gasteiger partial charge in [0.15, 0.2) is 0 Å². The minimum atomic E-state index is 1.18. The van der Waals surface area contributed by atoms with Gasteiger partial charge in [-0.25, -0.2) is 0 Å². The number of thiophene rings is 2. The molecule has 0 unspecified atom stereocenters. The van der Waals surface area contributed by atoms with Gasteiger partial charge in [-0.1, -0.05) is 237 Å². The van der Waals surface area contributed by atoms with Crippen molar-refractivity contribution in [1.82, 2.24) is 18.3 Å². The average molecular weight is 1380 g/mol. The Morgan fingerprint density at radius 3 is 1.08 bits per heavy atom. The van der Waals surface area contributed by atoms with E-state index in [1.54, 1.807) is 0 Å². The number of aromatic nitrogens is 4. The lowest BCUT2D eigenvalue weighted by atomic mass is 9.99. The minimum absolute atomic E-state index is 1.18. The van der Waals surface area contributed by atoms with Crippen molar-refractivity contribution >= 4 is 193 Å². The van der Waals surface area contributed by atoms with E-state index in [4.69, 9.17) is 0 Å². The van der Waals surface area contributed by atoms with Crippen LogP contribution in [-0.4, -0.2) is 18.3 Å². The molecule has 0 fully saturated rings. The van der Waals surface area contributed by atoms with Crippen molar-refractivity contribution in [3.8, 4) is 45.0 Å². The molecular formula is C100H60N4S2. The third-order valence-electron chi connectivity index (χ3n) is 22.6. The molecule has 0 spiro atoms. The van der Waals surface area contributed by atoms with Gasteiger partial charge in [0, 0.05) is 106 Å². The Labute approximate surface area is 616 Å². The fourth-order valence-electron chi connectivity index (χ4n) is 17.8. The van der Waals surface area contributed by atoms with Gasteiger partial charge in [0.25, 0.3) is 0 Å². The molecule has 492 valence electrons. The fourth-order valence-corrected chi connectivity index (χ4v) is 20.2. The van der Waals surface area contributed by atoms with Crippen LogP contribution in [0.25, 0.3) is 216 Å². The highest BCUT2D eigenvalue weighted by atomic mass is 32.1. The summed E-state index contributed by atoms with van der Waals surface area (Å²) in [5, 5.41) is 25.5. The fraction of sp³-hybridized carbons (Fsp3) is 0. The molecule has 24 aromatic rings. The SMILES string of the molecule is c1ccc2cc(-n3c4ccc(-c5ccc6c(c5)c5ccccc5n6-c5cccc6ccccc56)cc4c4c5c(ccc43)sc3ccccc35)ccc2c1.c1ccc2cc(-n3c4ccc(-c5ccc6c(c5)c5ccccc5n6-c5cccc6ccccc56)cc4c4c5sc6ccccc6c5ccc43)ccc2c1. The van der Waals surface area contributed by atoms with Crippen molar-refractivity contribution in [1.29, 1.82) is 0 Å². The second-order valence-electron chi connectivity index (χ2n) is 28.2. The van der Waals surface area contributed by atoms with E-state index in [1.807, 2.05) is 22.7 Å². The van der Waals surface area contributed by atoms with Gasteiger partial charge in [-0.15, -0.1) is 22.7 Å². The van der Waals surface area contributed by atoms with Crippen molar-refractivity contribution in [2.75, 3.05) is 0 Å². The predicted molar refractivity (Wildman–Crippen MR) is 457 cm³/mol. The second-order valence-corrected chi connectivity index (χ2v) is 30.4. The highest BCUT2D eigenvalue weighted by Crippen LogP contribution is 2.48. The summed E-state index contributed by atoms with van der Waals surface area (Å²) in [5.74, 6) is 0. The van der Waals surface area contributed by atoms with E-state index in [0.717, 1.165) is 0 Å². The summed E-state index contributed by atoms with van der Waals surface area (Å²) in [5.41, 5.74) is 19.4. The number of fused-ring (bicyclic) bond motifs is 24. The summed E-state index contributed by atoms with van der Waals surface area (Å²) in [6, 6.07) is 134. The van der Waals surface area contributed by atoms with Gasteiger partial charge in [-0.3, -0.25) is 0 Å². The topological polar surface area (TPSA) is 19.7 Å². The minimum Gasteiger partial charge on any atom is -0.309 e. The van der Waals surface area contributed by atoms with Crippen LogP contribution in [0.1, 0.15) is 0 Å². The van der Waals surface area contributed by atoms with Crippen LogP contribution in [-0.2, 0) is 0 Å². The quantitative estimate of drug-likeness (QED) is 0.158. The summed E-state index contributed by atoms with van der Waals surface area (Å²) in [4.78, 5) is 0. The molecule has 0 aliphatic rings. The summed E-state index contributed by atoms with van der Waals surface area (Å²) in [6.07, 6.45) is 0. The number of hydrogen-bond acceptors (Lipinski definition) is 2. The molecule has 0 atom stereocenters. The molecule has 6 aromatic heterocycles. The van der Waals surface area contributed by atoms with Crippen molar-refractivity contribution < 1.29 is 0 Å². The third-order valence-corrected chi connectivity index (χ3v) is 24.9. The zero-order chi connectivity index (χ0) is 69.2. The van der Waals surface area contributed by atoms with Gasteiger partial charge in [0.05, 0.1) is 55.5 Å². The first-order valence-electron chi connectivity index (χ1n) is 36.4. The predicted octanol–water partition coefficient (Wildman–Crippen LogP) is 28.4. The lowest BCUT2D eigenvalue weighted by molar-refractivity contribution is 1.19. The van der Waals surface area contributed by atoms with E-state index < -0.39 is 0 Å². The maximum absolute atomic E-state index is 2.47. The van der Waals surface area contributed by atoms with Gasteiger partial charge in [0.2, 0.25) is 0 Å². The molecule has 106 heavy (non-hydrogen) atoms. The summed E-state index contributed by atoms with van der Waals surface area (Å²) in [7, 11) is 0. The Morgan fingerprint density at radius 1 is 0.170 bits per heavy atom. The number of hydrogen-bond donors (Lipinski definition) is 0. The average Bonchev–Trinajstić information content (AvgIpc) is 1.56. The first-order chi connectivity index (χ1) is 52.6. The zero-order valence-electron chi connectivity index (χ0n) is 57.2. The van der Waals surface area contributed by atoms with Crippen LogP contribution in [0.2, 0.25) is 0 Å². The van der Waals surface area contributed by atoms with Crippen LogP contribution in [0.5, 0.6) is 0 Å². The number of rotatable bonds is 6. The van der Waals surface area contributed by atoms with E-state index in [2.05, 4.69) is 382 Å². The molecule has 0 saturated carbocycles. The molecule has 4 nitrogen and oxygen atoms in total. The number of para-hydroxylation sites is 2. The van der Waals surface area contributed by atoms with Crippen LogP contribution in [0.15, 0.2) is 364 Å². The normalized spacial score (nSPS) is 12.2. The third kappa shape index (κ3) is 8.86. The Balaban J connectivity index is 0.000000129. The van der Waals surface area contributed by atoms with Crippen LogP contribution >= 0.6 is 22.7 Å². The molecule has 0 amide bonds. The molecule has 0 bridgehead atoms. The lowest BCUT2D eigenvalue weighted by Crippen LogP contribution is -1.95. The van der Waals surface area contributed by atoms with Crippen molar-refractivity contribution in [2.24, 2.45) is 0 Å². The molecule has 0 saturated heterocycles. The molecule has 18 aromatic carbocycles. The summed E-state index contributed by atoms with van der Waals surface area (Å²) in [6.45, 7) is 0. The highest BCUT2D eigenvalue weighted by Gasteiger charge is 2.24. The first-order valence-corrected chi connectivity index (χ1v) is 38.0. The Kier molecular flexibility index (Phi) is 12.9. The molecule has 0 radical (unpaired) electrons. The maximum atomic E-state index is 2.47. The molecule has 0 aliphatic heterocycles. The summed E-state index contributed by atoms with van der Waals surface area (Å²) < 4.78 is 15.1. The smallest absolute Gasteiger partial charge is 0.0555 e. The molecule has 24 rings (SSSR count). The van der Waals surface area contributed by atoms with Crippen LogP contribution < -0.4 is 0 Å². The monoisotopic (exact) mass is 1380 g/mol. The van der Waals surface area contributed by atoms with Crippen LogP contribution in [0.4, 0.5) is 0 Å². The van der Waals surface area contributed by atoms with Crippen LogP contribution in [0, 0.1) is 0 Å². The van der Waals surface area contributed by atoms with Crippen molar-refractivity contribution in [3.05, 3.63) is 364 Å². The first kappa shape index (κ1) is 59.2. The molecule has 6 heterocycles. The van der Waals surface area contributed by atoms with E-state index in [9.17, 15) is 0 Å². The van der Waals surface area contributed by atoms with E-state index >= 15 is 0 Å². The zero-order valence-corrected chi connectivity index (χ0v) is 58.9. The van der Waals surface area contributed by atoms with E-state index in [-0.39, 0.29) is 0 Å².